The maximum Gasteiger partial charge on any atom is 0.245 e. The molecule has 1 saturated heterocycles. The lowest BCUT2D eigenvalue weighted by Gasteiger charge is -2.32. The fourth-order valence-electron chi connectivity index (χ4n) is 5.00. The number of ether oxygens (including phenoxy) is 2. The third kappa shape index (κ3) is 5.75. The van der Waals surface area contributed by atoms with E-state index in [1.165, 1.54) is 0 Å². The van der Waals surface area contributed by atoms with E-state index in [1.54, 1.807) is 6.33 Å². The molecule has 1 saturated carbocycles. The highest BCUT2D eigenvalue weighted by molar-refractivity contribution is 5.82. The molecule has 204 valence electrons. The first-order valence-electron chi connectivity index (χ1n) is 13.7. The van der Waals surface area contributed by atoms with Crippen molar-refractivity contribution in [3.63, 3.8) is 0 Å². The molecule has 9 heteroatoms. The molecule has 9 nitrogen and oxygen atoms in total. The Morgan fingerprint density at radius 2 is 1.79 bits per heavy atom. The van der Waals surface area contributed by atoms with Gasteiger partial charge in [-0.2, -0.15) is 4.98 Å². The van der Waals surface area contributed by atoms with E-state index in [0.29, 0.717) is 36.0 Å². The standard InChI is InChI=1S/C30H36N6O3/c1-30(10-11-30)39-29-26-28(31-21-32-29)36(19-22-6-4-3-5-7-22)27(33-26)25-9-8-24(18-23(25)20-37)38-17-16-35-14-12-34(2)13-15-35/h3-9,18,21,37H,10-17,19-20H2,1-2H3. The molecule has 2 fully saturated rings. The van der Waals surface area contributed by atoms with Gasteiger partial charge in [0.1, 0.15) is 30.1 Å². The van der Waals surface area contributed by atoms with E-state index in [0.717, 1.165) is 68.0 Å². The van der Waals surface area contributed by atoms with Crippen LogP contribution in [0.25, 0.3) is 22.6 Å². The van der Waals surface area contributed by atoms with Crippen LogP contribution in [0, 0.1) is 0 Å². The number of likely N-dealkylation sites (N-methyl/N-ethyl adjacent to an activating group) is 1. The number of fused-ring (bicyclic) bond motifs is 1. The topological polar surface area (TPSA) is 88.8 Å². The summed E-state index contributed by atoms with van der Waals surface area (Å²) in [5.41, 5.74) is 3.86. The second-order valence-electron chi connectivity index (χ2n) is 10.9. The van der Waals surface area contributed by atoms with Crippen LogP contribution in [0.1, 0.15) is 30.9 Å². The molecule has 4 aromatic rings. The van der Waals surface area contributed by atoms with Gasteiger partial charge < -0.3 is 24.0 Å². The highest BCUT2D eigenvalue weighted by Crippen LogP contribution is 2.41. The Morgan fingerprint density at radius 1 is 1.00 bits per heavy atom. The van der Waals surface area contributed by atoms with Crippen LogP contribution in [-0.2, 0) is 13.2 Å². The van der Waals surface area contributed by atoms with E-state index >= 15 is 0 Å². The van der Waals surface area contributed by atoms with Crippen LogP contribution in [0.15, 0.2) is 54.9 Å². The number of benzene rings is 2. The minimum absolute atomic E-state index is 0.132. The lowest BCUT2D eigenvalue weighted by molar-refractivity contribution is 0.133. The summed E-state index contributed by atoms with van der Waals surface area (Å²) in [5, 5.41) is 10.4. The Morgan fingerprint density at radius 3 is 2.54 bits per heavy atom. The van der Waals surface area contributed by atoms with Gasteiger partial charge in [0.25, 0.3) is 0 Å². The fraction of sp³-hybridized carbons (Fsp3) is 0.433. The molecule has 1 aliphatic heterocycles. The molecular formula is C30H36N6O3. The largest absolute Gasteiger partial charge is 0.492 e. The molecule has 39 heavy (non-hydrogen) atoms. The molecule has 0 unspecified atom stereocenters. The van der Waals surface area contributed by atoms with Crippen LogP contribution < -0.4 is 9.47 Å². The summed E-state index contributed by atoms with van der Waals surface area (Å²) in [6, 6.07) is 16.1. The van der Waals surface area contributed by atoms with Gasteiger partial charge in [-0.05, 0) is 56.1 Å². The number of nitrogens with zero attached hydrogens (tertiary/aromatic N) is 6. The maximum atomic E-state index is 10.4. The highest BCUT2D eigenvalue weighted by Gasteiger charge is 2.41. The summed E-state index contributed by atoms with van der Waals surface area (Å²) in [5.74, 6) is 1.96. The van der Waals surface area contributed by atoms with E-state index in [1.807, 2.05) is 36.4 Å². The molecule has 2 aromatic heterocycles. The number of hydrogen-bond donors (Lipinski definition) is 1. The zero-order chi connectivity index (χ0) is 26.8. The van der Waals surface area contributed by atoms with Gasteiger partial charge in [0, 0.05) is 38.3 Å². The van der Waals surface area contributed by atoms with E-state index in [2.05, 4.69) is 50.4 Å². The lowest BCUT2D eigenvalue weighted by atomic mass is 10.1. The molecule has 2 aromatic carbocycles. The second kappa shape index (κ2) is 10.9. The average molecular weight is 529 g/mol. The number of aliphatic hydroxyl groups is 1. The number of aromatic nitrogens is 4. The molecule has 0 bridgehead atoms. The summed E-state index contributed by atoms with van der Waals surface area (Å²) >= 11 is 0. The molecular weight excluding hydrogens is 492 g/mol. The SMILES string of the molecule is CN1CCN(CCOc2ccc(-c3nc4c(OC5(C)CC5)ncnc4n3Cc3ccccc3)c(CO)c2)CC1. The summed E-state index contributed by atoms with van der Waals surface area (Å²) in [4.78, 5) is 18.8. The predicted molar refractivity (Wildman–Crippen MR) is 150 cm³/mol. The van der Waals surface area contributed by atoms with Crippen molar-refractivity contribution < 1.29 is 14.6 Å². The van der Waals surface area contributed by atoms with Gasteiger partial charge in [0.2, 0.25) is 5.88 Å². The quantitative estimate of drug-likeness (QED) is 0.334. The van der Waals surface area contributed by atoms with Gasteiger partial charge in [-0.15, -0.1) is 0 Å². The van der Waals surface area contributed by atoms with E-state index in [-0.39, 0.29) is 12.2 Å². The van der Waals surface area contributed by atoms with Crippen LogP contribution in [0.4, 0.5) is 0 Å². The molecule has 0 amide bonds. The zero-order valence-electron chi connectivity index (χ0n) is 22.7. The fourth-order valence-corrected chi connectivity index (χ4v) is 5.00. The molecule has 6 rings (SSSR count). The molecule has 2 aliphatic rings. The summed E-state index contributed by atoms with van der Waals surface area (Å²) in [6.07, 6.45) is 3.54. The van der Waals surface area contributed by atoms with E-state index in [9.17, 15) is 5.11 Å². The van der Waals surface area contributed by atoms with Crippen molar-refractivity contribution in [2.75, 3.05) is 46.4 Å². The summed E-state index contributed by atoms with van der Waals surface area (Å²) < 4.78 is 14.4. The second-order valence-corrected chi connectivity index (χ2v) is 10.9. The third-order valence-electron chi connectivity index (χ3n) is 7.74. The Kier molecular flexibility index (Phi) is 7.20. The molecule has 1 N–H and O–H groups in total. The van der Waals surface area contributed by atoms with Crippen LogP contribution in [-0.4, -0.2) is 86.4 Å². The monoisotopic (exact) mass is 528 g/mol. The zero-order valence-corrected chi connectivity index (χ0v) is 22.7. The Labute approximate surface area is 229 Å². The number of imidazole rings is 1. The minimum Gasteiger partial charge on any atom is -0.492 e. The summed E-state index contributed by atoms with van der Waals surface area (Å²) in [6.45, 7) is 8.33. The van der Waals surface area contributed by atoms with E-state index in [4.69, 9.17) is 14.5 Å². The molecule has 0 spiro atoms. The van der Waals surface area contributed by atoms with Gasteiger partial charge in [-0.3, -0.25) is 4.90 Å². The maximum absolute atomic E-state index is 10.4. The van der Waals surface area contributed by atoms with Crippen LogP contribution >= 0.6 is 0 Å². The lowest BCUT2D eigenvalue weighted by Crippen LogP contribution is -2.45. The van der Waals surface area contributed by atoms with Crippen molar-refractivity contribution in [3.05, 3.63) is 66.0 Å². The Bertz CT molecular complexity index is 1430. The van der Waals surface area contributed by atoms with Gasteiger partial charge >= 0.3 is 0 Å². The van der Waals surface area contributed by atoms with Crippen molar-refractivity contribution in [2.45, 2.75) is 38.5 Å². The first-order chi connectivity index (χ1) is 19.0. The smallest absolute Gasteiger partial charge is 0.245 e. The third-order valence-corrected chi connectivity index (χ3v) is 7.74. The Hall–Kier alpha value is -3.53. The van der Waals surface area contributed by atoms with Crippen LogP contribution in [0.3, 0.4) is 0 Å². The molecule has 1 aliphatic carbocycles. The summed E-state index contributed by atoms with van der Waals surface area (Å²) in [7, 11) is 2.16. The first kappa shape index (κ1) is 25.7. The predicted octanol–water partition coefficient (Wildman–Crippen LogP) is 3.59. The normalized spacial score (nSPS) is 17.4. The number of piperazine rings is 1. The van der Waals surface area contributed by atoms with Crippen LogP contribution in [0.5, 0.6) is 11.6 Å². The van der Waals surface area contributed by atoms with Gasteiger partial charge in [0.15, 0.2) is 11.2 Å². The first-order valence-corrected chi connectivity index (χ1v) is 13.7. The molecule has 3 heterocycles. The average Bonchev–Trinajstić information content (AvgIpc) is 3.57. The van der Waals surface area contributed by atoms with E-state index < -0.39 is 0 Å². The minimum atomic E-state index is -0.190. The van der Waals surface area contributed by atoms with Crippen molar-refractivity contribution in [3.8, 4) is 23.0 Å². The van der Waals surface area contributed by atoms with Crippen molar-refractivity contribution in [2.24, 2.45) is 0 Å². The van der Waals surface area contributed by atoms with Crippen molar-refractivity contribution >= 4 is 11.2 Å². The molecule has 0 atom stereocenters. The van der Waals surface area contributed by atoms with Crippen molar-refractivity contribution in [1.29, 1.82) is 0 Å². The van der Waals surface area contributed by atoms with Crippen LogP contribution in [0.2, 0.25) is 0 Å². The van der Waals surface area contributed by atoms with Gasteiger partial charge in [0.05, 0.1) is 13.2 Å². The highest BCUT2D eigenvalue weighted by atomic mass is 16.5. The van der Waals surface area contributed by atoms with Gasteiger partial charge in [-0.25, -0.2) is 9.97 Å². The number of aliphatic hydroxyl groups excluding tert-OH is 1. The molecule has 0 radical (unpaired) electrons. The number of hydrogen-bond acceptors (Lipinski definition) is 8. The Balaban J connectivity index is 1.31. The number of rotatable bonds is 10. The van der Waals surface area contributed by atoms with Crippen molar-refractivity contribution in [1.82, 2.24) is 29.3 Å². The van der Waals surface area contributed by atoms with Gasteiger partial charge in [-0.1, -0.05) is 30.3 Å².